The van der Waals surface area contributed by atoms with E-state index < -0.39 is 0 Å². The minimum Gasteiger partial charge on any atom is -0.445 e. The molecule has 2 amide bonds. The van der Waals surface area contributed by atoms with Crippen LogP contribution in [0.2, 0.25) is 0 Å². The first kappa shape index (κ1) is 19.6. The highest BCUT2D eigenvalue weighted by Gasteiger charge is 2.34. The smallest absolute Gasteiger partial charge is 0.253 e. The van der Waals surface area contributed by atoms with Crippen molar-refractivity contribution in [2.45, 2.75) is 52.0 Å². The molecule has 154 valence electrons. The van der Waals surface area contributed by atoms with E-state index in [2.05, 4.69) is 30.7 Å². The molecule has 0 bridgehead atoms. The summed E-state index contributed by atoms with van der Waals surface area (Å²) in [5.41, 5.74) is 1.40. The fourth-order valence-electron chi connectivity index (χ4n) is 3.97. The van der Waals surface area contributed by atoms with Gasteiger partial charge in [-0.2, -0.15) is 0 Å². The van der Waals surface area contributed by atoms with Crippen LogP contribution in [0.15, 0.2) is 28.9 Å². The van der Waals surface area contributed by atoms with Crippen LogP contribution >= 0.6 is 0 Å². The predicted molar refractivity (Wildman–Crippen MR) is 107 cm³/mol. The van der Waals surface area contributed by atoms with Gasteiger partial charge in [-0.25, -0.2) is 4.98 Å². The fourth-order valence-corrected chi connectivity index (χ4v) is 3.97. The van der Waals surface area contributed by atoms with E-state index in [1.54, 1.807) is 24.5 Å². The van der Waals surface area contributed by atoms with Crippen LogP contribution in [0.25, 0.3) is 0 Å². The third kappa shape index (κ3) is 4.04. The van der Waals surface area contributed by atoms with E-state index in [1.807, 2.05) is 9.80 Å². The molecule has 2 aromatic rings. The maximum atomic E-state index is 13.1. The van der Waals surface area contributed by atoms with E-state index >= 15 is 0 Å². The first-order valence-electron chi connectivity index (χ1n) is 10.3. The second kappa shape index (κ2) is 7.61. The zero-order chi connectivity index (χ0) is 20.6. The number of oxazole rings is 1. The highest BCUT2D eigenvalue weighted by molar-refractivity contribution is 5.94. The molecule has 0 spiro atoms. The van der Waals surface area contributed by atoms with Gasteiger partial charge < -0.3 is 14.2 Å². The summed E-state index contributed by atoms with van der Waals surface area (Å²) in [6.45, 7) is 8.63. The average Bonchev–Trinajstić information content (AvgIpc) is 3.17. The molecule has 0 N–H and O–H groups in total. The van der Waals surface area contributed by atoms with E-state index in [0.717, 1.165) is 17.3 Å². The predicted octanol–water partition coefficient (Wildman–Crippen LogP) is 2.80. The first-order valence-corrected chi connectivity index (χ1v) is 10.3. The molecule has 0 unspecified atom stereocenters. The zero-order valence-electron chi connectivity index (χ0n) is 17.4. The van der Waals surface area contributed by atoms with Crippen molar-refractivity contribution in [3.8, 4) is 0 Å². The molecule has 2 aliphatic rings. The highest BCUT2D eigenvalue weighted by atomic mass is 16.4. The molecule has 0 radical (unpaired) electrons. The van der Waals surface area contributed by atoms with Gasteiger partial charge in [0.05, 0.1) is 6.54 Å². The van der Waals surface area contributed by atoms with Gasteiger partial charge in [0, 0.05) is 55.3 Å². The molecule has 0 aromatic carbocycles. The Morgan fingerprint density at radius 3 is 2.41 bits per heavy atom. The van der Waals surface area contributed by atoms with Crippen LogP contribution < -0.4 is 0 Å². The lowest BCUT2D eigenvalue weighted by atomic mass is 9.94. The number of hydrogen-bond donors (Lipinski definition) is 0. The molecule has 0 aliphatic carbocycles. The third-order valence-corrected chi connectivity index (χ3v) is 5.74. The van der Waals surface area contributed by atoms with E-state index in [1.165, 1.54) is 0 Å². The quantitative estimate of drug-likeness (QED) is 0.780. The number of piperidine rings is 1. The number of hydrogen-bond acceptors (Lipinski definition) is 5. The molecule has 4 rings (SSSR count). The Bertz CT molecular complexity index is 893. The van der Waals surface area contributed by atoms with Gasteiger partial charge >= 0.3 is 0 Å². The molecule has 1 fully saturated rings. The van der Waals surface area contributed by atoms with Crippen LogP contribution in [-0.4, -0.2) is 51.2 Å². The van der Waals surface area contributed by atoms with Crippen molar-refractivity contribution in [1.29, 1.82) is 0 Å². The fraction of sp³-hybridized carbons (Fsp3) is 0.545. The highest BCUT2D eigenvalue weighted by Crippen LogP contribution is 2.29. The van der Waals surface area contributed by atoms with E-state index in [9.17, 15) is 9.59 Å². The second-order valence-corrected chi connectivity index (χ2v) is 8.95. The van der Waals surface area contributed by atoms with Crippen molar-refractivity contribution < 1.29 is 14.0 Å². The van der Waals surface area contributed by atoms with Crippen LogP contribution in [0.3, 0.4) is 0 Å². The SMILES string of the molecule is CC(C)(C)c1nc2c(o1)CCN(C(=O)C1CCN(C(=O)c3ccncc3)CC1)C2. The van der Waals surface area contributed by atoms with Crippen molar-refractivity contribution in [2.24, 2.45) is 5.92 Å². The standard InChI is InChI=1S/C22H28N4O3/c1-22(2,3)21-24-17-14-26(13-8-18(17)29-21)20(28)16-6-11-25(12-7-16)19(27)15-4-9-23-10-5-15/h4-5,9-10,16H,6-8,11-14H2,1-3H3. The summed E-state index contributed by atoms with van der Waals surface area (Å²) in [6, 6.07) is 3.46. The van der Waals surface area contributed by atoms with E-state index in [-0.39, 0.29) is 23.1 Å². The minimum absolute atomic E-state index is 0.0122. The Balaban J connectivity index is 1.35. The Morgan fingerprint density at radius 1 is 1.07 bits per heavy atom. The van der Waals surface area contributed by atoms with Crippen LogP contribution in [-0.2, 0) is 23.2 Å². The molecule has 0 saturated carbocycles. The number of amides is 2. The van der Waals surface area contributed by atoms with E-state index in [0.29, 0.717) is 51.0 Å². The van der Waals surface area contributed by atoms with Crippen LogP contribution in [0.4, 0.5) is 0 Å². The largest absolute Gasteiger partial charge is 0.445 e. The summed E-state index contributed by atoms with van der Waals surface area (Å²) in [6.07, 6.45) is 5.37. The van der Waals surface area contributed by atoms with E-state index in [4.69, 9.17) is 4.42 Å². The summed E-state index contributed by atoms with van der Waals surface area (Å²) >= 11 is 0. The summed E-state index contributed by atoms with van der Waals surface area (Å²) in [4.78, 5) is 38.0. The van der Waals surface area contributed by atoms with Crippen molar-refractivity contribution in [3.63, 3.8) is 0 Å². The Hall–Kier alpha value is -2.70. The summed E-state index contributed by atoms with van der Waals surface area (Å²) in [7, 11) is 0. The van der Waals surface area contributed by atoms with Gasteiger partial charge in [0.1, 0.15) is 11.5 Å². The van der Waals surface area contributed by atoms with Gasteiger partial charge in [-0.05, 0) is 25.0 Å². The summed E-state index contributed by atoms with van der Waals surface area (Å²) < 4.78 is 5.93. The number of fused-ring (bicyclic) bond motifs is 1. The van der Waals surface area contributed by atoms with Crippen molar-refractivity contribution in [1.82, 2.24) is 19.8 Å². The van der Waals surface area contributed by atoms with Crippen LogP contribution in [0.5, 0.6) is 0 Å². The zero-order valence-corrected chi connectivity index (χ0v) is 17.4. The number of pyridine rings is 1. The van der Waals surface area contributed by atoms with Gasteiger partial charge in [-0.15, -0.1) is 0 Å². The van der Waals surface area contributed by atoms with Crippen molar-refractivity contribution >= 4 is 11.8 Å². The monoisotopic (exact) mass is 396 g/mol. The molecule has 7 nitrogen and oxygen atoms in total. The van der Waals surface area contributed by atoms with Crippen molar-refractivity contribution in [2.75, 3.05) is 19.6 Å². The summed E-state index contributed by atoms with van der Waals surface area (Å²) in [5.74, 6) is 1.80. The normalized spacial score (nSPS) is 17.9. The van der Waals surface area contributed by atoms with Crippen LogP contribution in [0.1, 0.15) is 61.3 Å². The van der Waals surface area contributed by atoms with Crippen LogP contribution in [0, 0.1) is 5.92 Å². The Labute approximate surface area is 171 Å². The molecule has 1 saturated heterocycles. The number of carbonyl (C=O) groups is 2. The second-order valence-electron chi connectivity index (χ2n) is 8.95. The number of carbonyl (C=O) groups excluding carboxylic acids is 2. The minimum atomic E-state index is -0.139. The molecule has 0 atom stereocenters. The molecule has 7 heteroatoms. The number of aromatic nitrogens is 2. The molecule has 4 heterocycles. The van der Waals surface area contributed by atoms with Gasteiger partial charge in [0.25, 0.3) is 5.91 Å². The van der Waals surface area contributed by atoms with Gasteiger partial charge in [0.15, 0.2) is 5.89 Å². The molecule has 29 heavy (non-hydrogen) atoms. The van der Waals surface area contributed by atoms with Gasteiger partial charge in [0.2, 0.25) is 5.91 Å². The third-order valence-electron chi connectivity index (χ3n) is 5.74. The molecular formula is C22H28N4O3. The number of likely N-dealkylation sites (tertiary alicyclic amines) is 1. The lowest BCUT2D eigenvalue weighted by molar-refractivity contribution is -0.138. The molecular weight excluding hydrogens is 368 g/mol. The maximum Gasteiger partial charge on any atom is 0.253 e. The number of rotatable bonds is 2. The lowest BCUT2D eigenvalue weighted by Crippen LogP contribution is -2.45. The Kier molecular flexibility index (Phi) is 5.15. The first-order chi connectivity index (χ1) is 13.8. The topological polar surface area (TPSA) is 79.5 Å². The van der Waals surface area contributed by atoms with Gasteiger partial charge in [-0.1, -0.05) is 20.8 Å². The molecule has 2 aliphatic heterocycles. The number of nitrogens with zero attached hydrogens (tertiary/aromatic N) is 4. The van der Waals surface area contributed by atoms with Crippen molar-refractivity contribution in [3.05, 3.63) is 47.4 Å². The Morgan fingerprint density at radius 2 is 1.76 bits per heavy atom. The maximum absolute atomic E-state index is 13.1. The average molecular weight is 396 g/mol. The molecule has 2 aromatic heterocycles. The van der Waals surface area contributed by atoms with Gasteiger partial charge in [-0.3, -0.25) is 14.6 Å². The lowest BCUT2D eigenvalue weighted by Gasteiger charge is -2.35. The summed E-state index contributed by atoms with van der Waals surface area (Å²) in [5, 5.41) is 0.